The summed E-state index contributed by atoms with van der Waals surface area (Å²) in [5, 5.41) is 8.39. The summed E-state index contributed by atoms with van der Waals surface area (Å²) in [6.07, 6.45) is 0.670. The maximum atomic E-state index is 10.8. The smallest absolute Gasteiger partial charge is 0.214 e. The van der Waals surface area contributed by atoms with E-state index in [1.165, 1.54) is 11.8 Å². The van der Waals surface area contributed by atoms with Crippen LogP contribution in [0.5, 0.6) is 0 Å². The molecule has 0 aliphatic rings. The normalized spacial score (nSPS) is 9.40. The maximum absolute atomic E-state index is 10.8. The Labute approximate surface area is 65.3 Å². The summed E-state index contributed by atoms with van der Waals surface area (Å²) in [6.45, 7) is 5.34. The monoisotopic (exact) mass is 160 g/mol. The molecule has 0 saturated carbocycles. The van der Waals surface area contributed by atoms with Crippen molar-refractivity contribution in [3.63, 3.8) is 0 Å². The fourth-order valence-electron chi connectivity index (χ4n) is 0.353. The topological polar surface area (TPSA) is 37.3 Å². The molecule has 2 nitrogen and oxygen atoms in total. The average Bonchev–Trinajstić information content (AvgIpc) is 1.88. The Bertz CT molecular complexity index is 132. The Morgan fingerprint density at radius 1 is 1.70 bits per heavy atom. The molecule has 3 heteroatoms. The van der Waals surface area contributed by atoms with Crippen molar-refractivity contribution in [1.82, 2.24) is 0 Å². The molecule has 0 heterocycles. The van der Waals surface area contributed by atoms with Crippen molar-refractivity contribution in [3.8, 4) is 0 Å². The van der Waals surface area contributed by atoms with E-state index in [-0.39, 0.29) is 11.7 Å². The lowest BCUT2D eigenvalue weighted by atomic mass is 10.4. The highest BCUT2D eigenvalue weighted by Gasteiger charge is 2.00. The van der Waals surface area contributed by atoms with Gasteiger partial charge in [-0.25, -0.2) is 0 Å². The van der Waals surface area contributed by atoms with Crippen LogP contribution in [0.4, 0.5) is 0 Å². The van der Waals surface area contributed by atoms with E-state index in [1.54, 1.807) is 6.92 Å². The van der Waals surface area contributed by atoms with Gasteiger partial charge in [-0.1, -0.05) is 18.3 Å². The highest BCUT2D eigenvalue weighted by Crippen LogP contribution is 2.08. The van der Waals surface area contributed by atoms with Crippen LogP contribution in [0.3, 0.4) is 0 Å². The van der Waals surface area contributed by atoms with E-state index in [4.69, 9.17) is 5.11 Å². The lowest BCUT2D eigenvalue weighted by Crippen LogP contribution is -1.94. The molecule has 0 radical (unpaired) electrons. The van der Waals surface area contributed by atoms with Gasteiger partial charge >= 0.3 is 0 Å². The predicted octanol–water partition coefficient (Wildman–Crippen LogP) is 1.20. The molecule has 1 N–H and O–H groups in total. The highest BCUT2D eigenvalue weighted by molar-refractivity contribution is 8.14. The zero-order valence-electron chi connectivity index (χ0n) is 6.09. The number of rotatable bonds is 4. The van der Waals surface area contributed by atoms with Gasteiger partial charge in [0, 0.05) is 12.4 Å². The highest BCUT2D eigenvalue weighted by atomic mass is 32.2. The lowest BCUT2D eigenvalue weighted by Gasteiger charge is -1.96. The molecule has 0 spiro atoms. The Balaban J connectivity index is 3.31. The van der Waals surface area contributed by atoms with Crippen LogP contribution in [0, 0.1) is 0 Å². The Kier molecular flexibility index (Phi) is 5.35. The Morgan fingerprint density at radius 3 is 2.70 bits per heavy atom. The van der Waals surface area contributed by atoms with Crippen molar-refractivity contribution in [2.45, 2.75) is 13.3 Å². The van der Waals surface area contributed by atoms with Crippen LogP contribution in [0.25, 0.3) is 0 Å². The minimum Gasteiger partial charge on any atom is -0.396 e. The molecule has 0 aromatic rings. The minimum absolute atomic E-state index is 0.0217. The summed E-state index contributed by atoms with van der Waals surface area (Å²) < 4.78 is 0. The molecule has 0 unspecified atom stereocenters. The van der Waals surface area contributed by atoms with Crippen LogP contribution in [-0.2, 0) is 4.79 Å². The van der Waals surface area contributed by atoms with Gasteiger partial charge in [0.2, 0.25) is 5.12 Å². The van der Waals surface area contributed by atoms with Gasteiger partial charge in [0.25, 0.3) is 0 Å². The van der Waals surface area contributed by atoms with Gasteiger partial charge in [0.1, 0.15) is 0 Å². The summed E-state index contributed by atoms with van der Waals surface area (Å²) in [4.78, 5) is 10.8. The molecular weight excluding hydrogens is 148 g/mol. The van der Waals surface area contributed by atoms with E-state index in [9.17, 15) is 4.79 Å². The van der Waals surface area contributed by atoms with Gasteiger partial charge in [-0.05, 0) is 18.9 Å². The summed E-state index contributed by atoms with van der Waals surface area (Å²) in [5.74, 6) is 0.683. The van der Waals surface area contributed by atoms with Crippen LogP contribution < -0.4 is 0 Å². The van der Waals surface area contributed by atoms with Crippen LogP contribution in [-0.4, -0.2) is 22.6 Å². The lowest BCUT2D eigenvalue weighted by molar-refractivity contribution is -0.107. The van der Waals surface area contributed by atoms with Crippen LogP contribution in [0.15, 0.2) is 12.2 Å². The Morgan fingerprint density at radius 2 is 2.30 bits per heavy atom. The fraction of sp³-hybridized carbons (Fsp3) is 0.571. The number of carbonyl (C=O) groups is 1. The minimum atomic E-state index is 0.0217. The van der Waals surface area contributed by atoms with Crippen molar-refractivity contribution in [2.75, 3.05) is 12.4 Å². The molecule has 0 atom stereocenters. The predicted molar refractivity (Wildman–Crippen MR) is 44.0 cm³/mol. The molecule has 0 saturated heterocycles. The second-order valence-corrected chi connectivity index (χ2v) is 3.06. The summed E-state index contributed by atoms with van der Waals surface area (Å²) in [6, 6.07) is 0. The van der Waals surface area contributed by atoms with Gasteiger partial charge in [0.05, 0.1) is 0 Å². The molecular formula is C7H12O2S. The van der Waals surface area contributed by atoms with Crippen molar-refractivity contribution < 1.29 is 9.90 Å². The number of hydrogen-bond donors (Lipinski definition) is 1. The summed E-state index contributed by atoms with van der Waals surface area (Å²) in [7, 11) is 0. The molecule has 0 aromatic heterocycles. The molecule has 0 bridgehead atoms. The first kappa shape index (κ1) is 9.72. The molecule has 58 valence electrons. The zero-order valence-corrected chi connectivity index (χ0v) is 6.91. The quantitative estimate of drug-likeness (QED) is 0.496. The van der Waals surface area contributed by atoms with Gasteiger partial charge in [-0.2, -0.15) is 0 Å². The first-order valence-corrected chi connectivity index (χ1v) is 4.10. The molecule has 0 aromatic carbocycles. The standard InChI is InChI=1S/C7H12O2S/c1-6(2)7(9)10-5-3-4-8/h8H,1,3-5H2,2H3. The maximum Gasteiger partial charge on any atom is 0.214 e. The van der Waals surface area contributed by atoms with E-state index in [0.29, 0.717) is 17.7 Å². The second kappa shape index (κ2) is 5.50. The number of aliphatic hydroxyl groups excluding tert-OH is 1. The third kappa shape index (κ3) is 4.58. The third-order valence-corrected chi connectivity index (χ3v) is 1.99. The van der Waals surface area contributed by atoms with E-state index in [1.807, 2.05) is 0 Å². The average molecular weight is 160 g/mol. The Hall–Kier alpha value is -0.280. The van der Waals surface area contributed by atoms with Crippen LogP contribution in [0.1, 0.15) is 13.3 Å². The first-order valence-electron chi connectivity index (χ1n) is 3.12. The van der Waals surface area contributed by atoms with E-state index in [0.717, 1.165) is 0 Å². The van der Waals surface area contributed by atoms with Gasteiger partial charge in [0.15, 0.2) is 0 Å². The van der Waals surface area contributed by atoms with Gasteiger partial charge < -0.3 is 5.11 Å². The number of carbonyl (C=O) groups excluding carboxylic acids is 1. The van der Waals surface area contributed by atoms with E-state index < -0.39 is 0 Å². The van der Waals surface area contributed by atoms with Crippen molar-refractivity contribution in [1.29, 1.82) is 0 Å². The third-order valence-electron chi connectivity index (χ3n) is 0.884. The van der Waals surface area contributed by atoms with Crippen molar-refractivity contribution >= 4 is 16.9 Å². The SMILES string of the molecule is C=C(C)C(=O)SCCCO. The molecule has 0 amide bonds. The fourth-order valence-corrected chi connectivity index (χ4v) is 1.06. The summed E-state index contributed by atoms with van der Waals surface area (Å²) in [5.41, 5.74) is 0.572. The van der Waals surface area contributed by atoms with Crippen molar-refractivity contribution in [2.24, 2.45) is 0 Å². The van der Waals surface area contributed by atoms with Gasteiger partial charge in [-0.3, -0.25) is 4.79 Å². The molecule has 0 aliphatic carbocycles. The van der Waals surface area contributed by atoms with E-state index in [2.05, 4.69) is 6.58 Å². The molecule has 10 heavy (non-hydrogen) atoms. The second-order valence-electron chi connectivity index (χ2n) is 1.99. The number of thioether (sulfide) groups is 1. The van der Waals surface area contributed by atoms with E-state index >= 15 is 0 Å². The molecule has 0 aliphatic heterocycles. The summed E-state index contributed by atoms with van der Waals surface area (Å²) >= 11 is 1.21. The molecule has 0 rings (SSSR count). The van der Waals surface area contributed by atoms with Crippen LogP contribution in [0.2, 0.25) is 0 Å². The zero-order chi connectivity index (χ0) is 7.98. The van der Waals surface area contributed by atoms with Crippen LogP contribution >= 0.6 is 11.8 Å². The number of aliphatic hydroxyl groups is 1. The molecule has 0 fully saturated rings. The van der Waals surface area contributed by atoms with Gasteiger partial charge in [-0.15, -0.1) is 0 Å². The largest absolute Gasteiger partial charge is 0.396 e. The number of hydrogen-bond acceptors (Lipinski definition) is 3. The van der Waals surface area contributed by atoms with Crippen molar-refractivity contribution in [3.05, 3.63) is 12.2 Å². The first-order chi connectivity index (χ1) is 4.68.